The Labute approximate surface area is 143 Å². The Morgan fingerprint density at radius 3 is 3.00 bits per heavy atom. The first-order chi connectivity index (χ1) is 11.5. The lowest BCUT2D eigenvalue weighted by atomic mass is 10.2. The number of aromatic nitrogens is 1. The second-order valence-corrected chi connectivity index (χ2v) is 6.00. The number of halogens is 1. The van der Waals surface area contributed by atoms with Gasteiger partial charge in [-0.1, -0.05) is 22.8 Å². The van der Waals surface area contributed by atoms with Gasteiger partial charge in [-0.3, -0.25) is 4.79 Å². The minimum Gasteiger partial charge on any atom is -0.361 e. The van der Waals surface area contributed by atoms with Crippen molar-refractivity contribution in [2.45, 2.75) is 25.9 Å². The summed E-state index contributed by atoms with van der Waals surface area (Å²) in [5.74, 6) is 0.528. The fourth-order valence-corrected chi connectivity index (χ4v) is 2.78. The van der Waals surface area contributed by atoms with Crippen molar-refractivity contribution in [2.24, 2.45) is 0 Å². The van der Waals surface area contributed by atoms with Gasteiger partial charge in [0.25, 0.3) is 0 Å². The Balaban J connectivity index is 1.54. The van der Waals surface area contributed by atoms with E-state index in [2.05, 4.69) is 15.8 Å². The van der Waals surface area contributed by atoms with Gasteiger partial charge in [-0.05, 0) is 31.5 Å². The van der Waals surface area contributed by atoms with Gasteiger partial charge in [0, 0.05) is 23.3 Å². The molecular formula is C16H17ClN4O3. The quantitative estimate of drug-likeness (QED) is 0.887. The van der Waals surface area contributed by atoms with Crippen molar-refractivity contribution in [3.8, 4) is 0 Å². The molecule has 0 spiro atoms. The number of urea groups is 1. The van der Waals surface area contributed by atoms with Crippen LogP contribution in [-0.4, -0.2) is 29.7 Å². The molecule has 7 nitrogen and oxygen atoms in total. The van der Waals surface area contributed by atoms with Crippen molar-refractivity contribution < 1.29 is 14.1 Å². The van der Waals surface area contributed by atoms with E-state index in [0.29, 0.717) is 29.4 Å². The maximum absolute atomic E-state index is 12.4. The molecule has 3 rings (SSSR count). The molecule has 2 N–H and O–H groups in total. The molecule has 1 atom stereocenters. The van der Waals surface area contributed by atoms with Crippen molar-refractivity contribution >= 4 is 29.2 Å². The summed E-state index contributed by atoms with van der Waals surface area (Å²) in [7, 11) is 0. The maximum Gasteiger partial charge on any atom is 0.315 e. The Kier molecular flexibility index (Phi) is 4.71. The molecule has 3 amide bonds. The molecule has 1 aromatic carbocycles. The highest BCUT2D eigenvalue weighted by atomic mass is 35.5. The molecule has 1 saturated heterocycles. The monoisotopic (exact) mass is 348 g/mol. The normalized spacial score (nSPS) is 17.2. The average Bonchev–Trinajstić information content (AvgIpc) is 3.12. The third-order valence-electron chi connectivity index (χ3n) is 3.74. The van der Waals surface area contributed by atoms with E-state index in [4.69, 9.17) is 16.1 Å². The first-order valence-electron chi connectivity index (χ1n) is 7.56. The van der Waals surface area contributed by atoms with E-state index >= 15 is 0 Å². The summed E-state index contributed by atoms with van der Waals surface area (Å²) >= 11 is 5.96. The van der Waals surface area contributed by atoms with E-state index in [1.807, 2.05) is 6.07 Å². The zero-order valence-electron chi connectivity index (χ0n) is 13.1. The summed E-state index contributed by atoms with van der Waals surface area (Å²) < 4.78 is 4.93. The Morgan fingerprint density at radius 2 is 2.29 bits per heavy atom. The van der Waals surface area contributed by atoms with Crippen molar-refractivity contribution in [1.82, 2.24) is 15.8 Å². The molecule has 0 saturated carbocycles. The Bertz CT molecular complexity index is 761. The van der Waals surface area contributed by atoms with Gasteiger partial charge >= 0.3 is 6.03 Å². The number of carbonyl (C=O) groups excluding carboxylic acids is 2. The van der Waals surface area contributed by atoms with Gasteiger partial charge in [-0.2, -0.15) is 0 Å². The van der Waals surface area contributed by atoms with Crippen molar-refractivity contribution in [3.63, 3.8) is 0 Å². The van der Waals surface area contributed by atoms with Gasteiger partial charge in [-0.15, -0.1) is 0 Å². The van der Waals surface area contributed by atoms with Crippen LogP contribution in [0.3, 0.4) is 0 Å². The van der Waals surface area contributed by atoms with Crippen LogP contribution in [0.5, 0.6) is 0 Å². The fraction of sp³-hybridized carbons (Fsp3) is 0.312. The highest BCUT2D eigenvalue weighted by Crippen LogP contribution is 2.24. The summed E-state index contributed by atoms with van der Waals surface area (Å²) in [5, 5.41) is 9.70. The third kappa shape index (κ3) is 3.68. The lowest BCUT2D eigenvalue weighted by Gasteiger charge is -2.17. The van der Waals surface area contributed by atoms with Crippen molar-refractivity contribution in [3.05, 3.63) is 46.8 Å². The van der Waals surface area contributed by atoms with Crippen LogP contribution in [0.2, 0.25) is 5.02 Å². The second-order valence-electron chi connectivity index (χ2n) is 5.57. The maximum atomic E-state index is 12.4. The van der Waals surface area contributed by atoms with Crippen LogP contribution in [0, 0.1) is 6.92 Å². The van der Waals surface area contributed by atoms with Gasteiger partial charge < -0.3 is 20.1 Å². The summed E-state index contributed by atoms with van der Waals surface area (Å²) in [4.78, 5) is 26.0. The van der Waals surface area contributed by atoms with E-state index in [1.54, 1.807) is 36.1 Å². The number of anilines is 1. The van der Waals surface area contributed by atoms with Crippen LogP contribution < -0.4 is 15.5 Å². The topological polar surface area (TPSA) is 87.5 Å². The highest BCUT2D eigenvalue weighted by molar-refractivity contribution is 6.31. The fourth-order valence-electron chi connectivity index (χ4n) is 2.60. The summed E-state index contributed by atoms with van der Waals surface area (Å²) in [6.07, 6.45) is 0.543. The summed E-state index contributed by atoms with van der Waals surface area (Å²) in [6.45, 7) is 2.55. The Hall–Kier alpha value is -2.54. The third-order valence-corrected chi connectivity index (χ3v) is 3.97. The van der Waals surface area contributed by atoms with Crippen molar-refractivity contribution in [1.29, 1.82) is 0 Å². The predicted molar refractivity (Wildman–Crippen MR) is 88.8 cm³/mol. The minimum absolute atomic E-state index is 0.148. The first-order valence-corrected chi connectivity index (χ1v) is 7.94. The number of amides is 3. The molecule has 1 fully saturated rings. The molecule has 1 aliphatic heterocycles. The van der Waals surface area contributed by atoms with Crippen LogP contribution >= 0.6 is 11.6 Å². The number of hydrogen-bond acceptors (Lipinski definition) is 4. The molecule has 1 aromatic heterocycles. The number of carbonyl (C=O) groups is 2. The largest absolute Gasteiger partial charge is 0.361 e. The molecule has 1 aliphatic rings. The number of rotatable bonds is 4. The average molecular weight is 349 g/mol. The standard InChI is InChI=1S/C16H17ClN4O3/c1-10-7-12(20-24-10)9-18-16(23)19-14-5-6-21(15(14)22)13-4-2-3-11(17)8-13/h2-4,7-8,14H,5-6,9H2,1H3,(H2,18,19,23)/t14-/m1/s1. The summed E-state index contributed by atoms with van der Waals surface area (Å²) in [5.41, 5.74) is 1.36. The zero-order chi connectivity index (χ0) is 17.1. The van der Waals surface area contributed by atoms with Crippen LogP contribution in [0.4, 0.5) is 10.5 Å². The minimum atomic E-state index is -0.553. The Morgan fingerprint density at radius 1 is 1.46 bits per heavy atom. The summed E-state index contributed by atoms with van der Waals surface area (Å²) in [6, 6.07) is 7.86. The molecule has 2 aromatic rings. The number of nitrogens with one attached hydrogen (secondary N) is 2. The van der Waals surface area contributed by atoms with Crippen LogP contribution in [0.15, 0.2) is 34.9 Å². The lowest BCUT2D eigenvalue weighted by molar-refractivity contribution is -0.118. The smallest absolute Gasteiger partial charge is 0.315 e. The second kappa shape index (κ2) is 6.92. The van der Waals surface area contributed by atoms with E-state index in [9.17, 15) is 9.59 Å². The lowest BCUT2D eigenvalue weighted by Crippen LogP contribution is -2.46. The molecule has 0 aliphatic carbocycles. The van der Waals surface area contributed by atoms with Crippen LogP contribution in [0.1, 0.15) is 17.9 Å². The van der Waals surface area contributed by atoms with Gasteiger partial charge in [0.05, 0.1) is 6.54 Å². The number of benzene rings is 1. The van der Waals surface area contributed by atoms with Crippen LogP contribution in [0.25, 0.3) is 0 Å². The predicted octanol–water partition coefficient (Wildman–Crippen LogP) is 2.24. The van der Waals surface area contributed by atoms with E-state index in [1.165, 1.54) is 0 Å². The molecule has 0 radical (unpaired) electrons. The molecule has 8 heteroatoms. The molecule has 2 heterocycles. The van der Waals surface area contributed by atoms with E-state index in [0.717, 1.165) is 5.69 Å². The van der Waals surface area contributed by atoms with Crippen LogP contribution in [-0.2, 0) is 11.3 Å². The zero-order valence-corrected chi connectivity index (χ0v) is 13.8. The number of nitrogens with zero attached hydrogens (tertiary/aromatic N) is 2. The number of hydrogen-bond donors (Lipinski definition) is 2. The van der Waals surface area contributed by atoms with E-state index in [-0.39, 0.29) is 12.5 Å². The highest BCUT2D eigenvalue weighted by Gasteiger charge is 2.33. The molecular weight excluding hydrogens is 332 g/mol. The van der Waals surface area contributed by atoms with E-state index < -0.39 is 12.1 Å². The van der Waals surface area contributed by atoms with Gasteiger partial charge in [0.2, 0.25) is 5.91 Å². The van der Waals surface area contributed by atoms with Gasteiger partial charge in [0.1, 0.15) is 17.5 Å². The molecule has 126 valence electrons. The first kappa shape index (κ1) is 16.3. The SMILES string of the molecule is Cc1cc(CNC(=O)N[C@@H]2CCN(c3cccc(Cl)c3)C2=O)no1. The van der Waals surface area contributed by atoms with Crippen molar-refractivity contribution in [2.75, 3.05) is 11.4 Å². The van der Waals surface area contributed by atoms with Gasteiger partial charge in [-0.25, -0.2) is 4.79 Å². The molecule has 0 bridgehead atoms. The van der Waals surface area contributed by atoms with Gasteiger partial charge in [0.15, 0.2) is 0 Å². The molecule has 0 unspecified atom stereocenters. The number of aryl methyl sites for hydroxylation is 1. The molecule has 24 heavy (non-hydrogen) atoms.